The van der Waals surface area contributed by atoms with Crippen LogP contribution in [-0.4, -0.2) is 38.6 Å². The number of fused-ring (bicyclic) bond motifs is 4. The number of halogens is 1. The number of carboxylic acids is 1. The van der Waals surface area contributed by atoms with Crippen molar-refractivity contribution in [2.75, 3.05) is 13.1 Å². The van der Waals surface area contributed by atoms with E-state index in [0.29, 0.717) is 18.2 Å². The fourth-order valence-electron chi connectivity index (χ4n) is 5.37. The number of nitrogens with zero attached hydrogens (tertiary/aromatic N) is 3. The van der Waals surface area contributed by atoms with Crippen molar-refractivity contribution in [1.29, 1.82) is 0 Å². The standard InChI is InChI=1S/C31H28ClN3O3/c32-23-10-8-22-9-11-24(33-28(22)17-23)20-38-25-5-3-4-21(16-25)18-35-29-7-2-1-6-26(29)27-19-34(14-12-30(27)35)15-13-31(36)37/h1-11,16-17H,12-15,18-20H2,(H,36,37). The van der Waals surface area contributed by atoms with Crippen LogP contribution in [-0.2, 0) is 30.9 Å². The molecule has 2 aromatic heterocycles. The maximum absolute atomic E-state index is 11.1. The van der Waals surface area contributed by atoms with Gasteiger partial charge in [0.05, 0.1) is 17.6 Å². The van der Waals surface area contributed by atoms with Crippen LogP contribution in [0.1, 0.15) is 28.9 Å². The van der Waals surface area contributed by atoms with E-state index in [4.69, 9.17) is 26.4 Å². The summed E-state index contributed by atoms with van der Waals surface area (Å²) in [6, 6.07) is 26.5. The highest BCUT2D eigenvalue weighted by molar-refractivity contribution is 6.31. The molecule has 192 valence electrons. The van der Waals surface area contributed by atoms with Gasteiger partial charge >= 0.3 is 5.97 Å². The molecule has 0 fully saturated rings. The number of carbonyl (C=O) groups is 1. The van der Waals surface area contributed by atoms with Gasteiger partial charge in [0.1, 0.15) is 12.4 Å². The van der Waals surface area contributed by atoms with Gasteiger partial charge in [-0.2, -0.15) is 0 Å². The van der Waals surface area contributed by atoms with E-state index in [1.165, 1.54) is 22.2 Å². The summed E-state index contributed by atoms with van der Waals surface area (Å²) in [7, 11) is 0. The maximum Gasteiger partial charge on any atom is 0.304 e. The van der Waals surface area contributed by atoms with Crippen LogP contribution < -0.4 is 4.74 Å². The predicted octanol–water partition coefficient (Wildman–Crippen LogP) is 6.30. The van der Waals surface area contributed by atoms with E-state index in [9.17, 15) is 4.79 Å². The van der Waals surface area contributed by atoms with E-state index in [2.05, 4.69) is 45.9 Å². The molecule has 38 heavy (non-hydrogen) atoms. The first-order valence-corrected chi connectivity index (χ1v) is 13.2. The van der Waals surface area contributed by atoms with Crippen molar-refractivity contribution in [2.45, 2.75) is 32.5 Å². The van der Waals surface area contributed by atoms with E-state index in [1.807, 2.05) is 42.5 Å². The topological polar surface area (TPSA) is 67.6 Å². The van der Waals surface area contributed by atoms with Crippen LogP contribution in [0.4, 0.5) is 0 Å². The molecule has 6 nitrogen and oxygen atoms in total. The molecule has 1 aliphatic heterocycles. The fraction of sp³-hybridized carbons (Fsp3) is 0.226. The third-order valence-corrected chi connectivity index (χ3v) is 7.46. The van der Waals surface area contributed by atoms with Gasteiger partial charge in [0.25, 0.3) is 0 Å². The Morgan fingerprint density at radius 2 is 1.89 bits per heavy atom. The minimum Gasteiger partial charge on any atom is -0.487 e. The number of carboxylic acid groups (broad SMARTS) is 1. The van der Waals surface area contributed by atoms with Crippen molar-refractivity contribution < 1.29 is 14.6 Å². The lowest BCUT2D eigenvalue weighted by Gasteiger charge is -2.27. The summed E-state index contributed by atoms with van der Waals surface area (Å²) >= 11 is 6.14. The van der Waals surface area contributed by atoms with Crippen LogP contribution in [0.2, 0.25) is 5.02 Å². The average molecular weight is 526 g/mol. The minimum atomic E-state index is -0.749. The molecule has 0 saturated carbocycles. The monoisotopic (exact) mass is 525 g/mol. The molecule has 6 rings (SSSR count). The smallest absolute Gasteiger partial charge is 0.304 e. The molecule has 7 heteroatoms. The summed E-state index contributed by atoms with van der Waals surface area (Å²) in [6.07, 6.45) is 1.07. The molecule has 0 saturated heterocycles. The molecule has 1 N–H and O–H groups in total. The first kappa shape index (κ1) is 24.5. The second kappa shape index (κ2) is 10.5. The lowest BCUT2D eigenvalue weighted by atomic mass is 10.0. The maximum atomic E-state index is 11.1. The van der Waals surface area contributed by atoms with Gasteiger partial charge in [-0.15, -0.1) is 0 Å². The first-order chi connectivity index (χ1) is 18.5. The SMILES string of the molecule is O=C(O)CCN1CCc2c(c3ccccc3n2Cc2cccc(OCc3ccc4ccc(Cl)cc4n3)c2)C1. The molecule has 0 atom stereocenters. The highest BCUT2D eigenvalue weighted by atomic mass is 35.5. The second-order valence-electron chi connectivity index (χ2n) is 9.77. The van der Waals surface area contributed by atoms with Crippen LogP contribution in [0.15, 0.2) is 78.9 Å². The highest BCUT2D eigenvalue weighted by Gasteiger charge is 2.24. The molecule has 0 unspecified atom stereocenters. The van der Waals surface area contributed by atoms with Crippen molar-refractivity contribution in [3.63, 3.8) is 0 Å². The average Bonchev–Trinajstić information content (AvgIpc) is 3.23. The van der Waals surface area contributed by atoms with E-state index >= 15 is 0 Å². The summed E-state index contributed by atoms with van der Waals surface area (Å²) in [5.41, 5.74) is 6.73. The molecule has 3 heterocycles. The van der Waals surface area contributed by atoms with Crippen LogP contribution in [0, 0.1) is 0 Å². The molecule has 5 aromatic rings. The van der Waals surface area contributed by atoms with Gasteiger partial charge in [-0.3, -0.25) is 9.69 Å². The number of hydrogen-bond acceptors (Lipinski definition) is 4. The van der Waals surface area contributed by atoms with Crippen molar-refractivity contribution in [1.82, 2.24) is 14.5 Å². The zero-order valence-corrected chi connectivity index (χ0v) is 21.7. The van der Waals surface area contributed by atoms with E-state index in [1.54, 1.807) is 0 Å². The Kier molecular flexibility index (Phi) is 6.75. The lowest BCUT2D eigenvalue weighted by molar-refractivity contribution is -0.137. The zero-order valence-electron chi connectivity index (χ0n) is 20.9. The quantitative estimate of drug-likeness (QED) is 0.257. The van der Waals surface area contributed by atoms with Crippen molar-refractivity contribution in [2.24, 2.45) is 0 Å². The van der Waals surface area contributed by atoms with Crippen molar-refractivity contribution >= 4 is 39.4 Å². The van der Waals surface area contributed by atoms with E-state index < -0.39 is 5.97 Å². The molecule has 1 aliphatic rings. The number of benzene rings is 3. The predicted molar refractivity (Wildman–Crippen MR) is 150 cm³/mol. The lowest BCUT2D eigenvalue weighted by Crippen LogP contribution is -2.32. The Hall–Kier alpha value is -3.87. The number of rotatable bonds is 8. The Labute approximate surface area is 226 Å². The molecule has 3 aromatic carbocycles. The van der Waals surface area contributed by atoms with Crippen LogP contribution in [0.5, 0.6) is 5.75 Å². The van der Waals surface area contributed by atoms with Gasteiger partial charge in [-0.25, -0.2) is 4.98 Å². The highest BCUT2D eigenvalue weighted by Crippen LogP contribution is 2.32. The van der Waals surface area contributed by atoms with Gasteiger partial charge in [-0.1, -0.05) is 54.1 Å². The number of pyridine rings is 1. The Morgan fingerprint density at radius 1 is 1.03 bits per heavy atom. The van der Waals surface area contributed by atoms with E-state index in [-0.39, 0.29) is 6.42 Å². The Morgan fingerprint density at radius 3 is 2.79 bits per heavy atom. The van der Waals surface area contributed by atoms with Crippen LogP contribution >= 0.6 is 11.6 Å². The third kappa shape index (κ3) is 5.10. The number of hydrogen-bond donors (Lipinski definition) is 1. The molecule has 0 radical (unpaired) electrons. The Bertz CT molecular complexity index is 1640. The molecular formula is C31H28ClN3O3. The van der Waals surface area contributed by atoms with Crippen molar-refractivity contribution in [3.05, 3.63) is 106 Å². The Balaban J connectivity index is 1.21. The molecule has 0 spiro atoms. The minimum absolute atomic E-state index is 0.170. The fourth-order valence-corrected chi connectivity index (χ4v) is 5.53. The van der Waals surface area contributed by atoms with Gasteiger partial charge in [-0.05, 0) is 47.5 Å². The second-order valence-corrected chi connectivity index (χ2v) is 10.2. The molecule has 0 bridgehead atoms. The number of ether oxygens (including phenoxy) is 1. The first-order valence-electron chi connectivity index (χ1n) is 12.8. The van der Waals surface area contributed by atoms with Crippen LogP contribution in [0.3, 0.4) is 0 Å². The molecule has 0 aliphatic carbocycles. The summed E-state index contributed by atoms with van der Waals surface area (Å²) in [5.74, 6) is 0.0572. The van der Waals surface area contributed by atoms with Crippen molar-refractivity contribution in [3.8, 4) is 5.75 Å². The number of para-hydroxylation sites is 1. The van der Waals surface area contributed by atoms with Gasteiger partial charge in [0.2, 0.25) is 0 Å². The molecular weight excluding hydrogens is 498 g/mol. The largest absolute Gasteiger partial charge is 0.487 e. The third-order valence-electron chi connectivity index (χ3n) is 7.22. The van der Waals surface area contributed by atoms with Gasteiger partial charge < -0.3 is 14.4 Å². The number of aliphatic carboxylic acids is 1. The van der Waals surface area contributed by atoms with E-state index in [0.717, 1.165) is 54.0 Å². The number of aromatic nitrogens is 2. The van der Waals surface area contributed by atoms with Gasteiger partial charge in [0.15, 0.2) is 0 Å². The summed E-state index contributed by atoms with van der Waals surface area (Å²) in [6.45, 7) is 3.34. The summed E-state index contributed by atoms with van der Waals surface area (Å²) in [5, 5.41) is 12.1. The van der Waals surface area contributed by atoms with Gasteiger partial charge in [0, 0.05) is 59.6 Å². The van der Waals surface area contributed by atoms with Crippen LogP contribution in [0.25, 0.3) is 21.8 Å². The zero-order chi connectivity index (χ0) is 26.1. The summed E-state index contributed by atoms with van der Waals surface area (Å²) in [4.78, 5) is 18.0. The normalized spacial score (nSPS) is 13.6. The summed E-state index contributed by atoms with van der Waals surface area (Å²) < 4.78 is 8.54. The molecule has 0 amide bonds.